The van der Waals surface area contributed by atoms with Crippen molar-refractivity contribution >= 4 is 5.96 Å². The molecule has 0 aliphatic rings. The van der Waals surface area contributed by atoms with E-state index in [2.05, 4.69) is 25.7 Å². The molecule has 0 aliphatic carbocycles. The van der Waals surface area contributed by atoms with E-state index in [9.17, 15) is 13.2 Å². The van der Waals surface area contributed by atoms with Crippen molar-refractivity contribution in [2.24, 2.45) is 4.99 Å². The van der Waals surface area contributed by atoms with Gasteiger partial charge >= 0.3 is 6.18 Å². The van der Waals surface area contributed by atoms with Gasteiger partial charge in [0.1, 0.15) is 12.7 Å². The molecule has 6 nitrogen and oxygen atoms in total. The maximum absolute atomic E-state index is 12.8. The fraction of sp³-hybridized carbons (Fsp3) is 0.211. The van der Waals surface area contributed by atoms with E-state index in [1.54, 1.807) is 24.1 Å². The molecule has 0 bridgehead atoms. The summed E-state index contributed by atoms with van der Waals surface area (Å²) in [6.45, 7) is 0.745. The topological polar surface area (TPSA) is 67.1 Å². The molecule has 1 heterocycles. The zero-order valence-electron chi connectivity index (χ0n) is 15.1. The fourth-order valence-electron chi connectivity index (χ4n) is 2.56. The van der Waals surface area contributed by atoms with Crippen LogP contribution in [0.25, 0.3) is 5.69 Å². The molecule has 0 spiro atoms. The summed E-state index contributed by atoms with van der Waals surface area (Å²) >= 11 is 0. The highest BCUT2D eigenvalue weighted by Crippen LogP contribution is 2.29. The Hall–Kier alpha value is -3.36. The molecule has 0 aliphatic heterocycles. The highest BCUT2D eigenvalue weighted by Gasteiger charge is 2.30. The van der Waals surface area contributed by atoms with Crippen LogP contribution in [0.4, 0.5) is 13.2 Å². The molecule has 3 aromatic rings. The summed E-state index contributed by atoms with van der Waals surface area (Å²) in [6.07, 6.45) is -1.27. The van der Waals surface area contributed by atoms with Crippen LogP contribution in [-0.4, -0.2) is 27.8 Å². The van der Waals surface area contributed by atoms with Gasteiger partial charge in [0.25, 0.3) is 0 Å². The van der Waals surface area contributed by atoms with E-state index in [0.29, 0.717) is 18.1 Å². The van der Waals surface area contributed by atoms with E-state index >= 15 is 0 Å². The smallest absolute Gasteiger partial charge is 0.352 e. The number of hydrogen-bond donors (Lipinski definition) is 2. The second kappa shape index (κ2) is 8.55. The van der Waals surface area contributed by atoms with Gasteiger partial charge in [0, 0.05) is 20.1 Å². The average Bonchev–Trinajstić information content (AvgIpc) is 3.23. The van der Waals surface area contributed by atoms with Gasteiger partial charge in [-0.1, -0.05) is 24.3 Å². The Morgan fingerprint density at radius 3 is 2.36 bits per heavy atom. The molecule has 0 fully saturated rings. The number of alkyl halides is 3. The predicted molar refractivity (Wildman–Crippen MR) is 99.8 cm³/mol. The zero-order valence-corrected chi connectivity index (χ0v) is 15.1. The Labute approximate surface area is 160 Å². The van der Waals surface area contributed by atoms with Gasteiger partial charge in [0.15, 0.2) is 5.96 Å². The van der Waals surface area contributed by atoms with Gasteiger partial charge in [-0.15, -0.1) is 0 Å². The molecule has 0 atom stereocenters. The van der Waals surface area contributed by atoms with Crippen molar-refractivity contribution in [3.8, 4) is 5.69 Å². The summed E-state index contributed by atoms with van der Waals surface area (Å²) in [6, 6.07) is 13.0. The second-order valence-electron chi connectivity index (χ2n) is 5.98. The SMILES string of the molecule is CN=C(NCc1ccc(-n2cncn2)cc1)NCc1cccc(C(F)(F)F)c1. The summed E-state index contributed by atoms with van der Waals surface area (Å²) in [5.41, 5.74) is 1.77. The first kappa shape index (κ1) is 19.4. The summed E-state index contributed by atoms with van der Waals surface area (Å²) < 4.78 is 40.0. The predicted octanol–water partition coefficient (Wildman–Crippen LogP) is 3.15. The molecule has 28 heavy (non-hydrogen) atoms. The van der Waals surface area contributed by atoms with Gasteiger partial charge in [-0.3, -0.25) is 4.99 Å². The van der Waals surface area contributed by atoms with Gasteiger partial charge < -0.3 is 10.6 Å². The number of benzene rings is 2. The Balaban J connectivity index is 1.54. The number of halogens is 3. The van der Waals surface area contributed by atoms with Gasteiger partial charge in [-0.25, -0.2) is 9.67 Å². The number of nitrogens with one attached hydrogen (secondary N) is 2. The first-order valence-electron chi connectivity index (χ1n) is 8.50. The summed E-state index contributed by atoms with van der Waals surface area (Å²) in [5, 5.41) is 10.2. The van der Waals surface area contributed by atoms with Gasteiger partial charge in [0.2, 0.25) is 0 Å². The molecule has 2 aromatic carbocycles. The lowest BCUT2D eigenvalue weighted by molar-refractivity contribution is -0.137. The van der Waals surface area contributed by atoms with E-state index in [-0.39, 0.29) is 6.54 Å². The van der Waals surface area contributed by atoms with Crippen LogP contribution in [0.3, 0.4) is 0 Å². The first-order chi connectivity index (χ1) is 13.5. The van der Waals surface area contributed by atoms with Crippen molar-refractivity contribution in [1.82, 2.24) is 25.4 Å². The summed E-state index contributed by atoms with van der Waals surface area (Å²) in [7, 11) is 1.61. The number of nitrogens with zero attached hydrogens (tertiary/aromatic N) is 4. The molecule has 0 radical (unpaired) electrons. The molecule has 3 rings (SSSR count). The lowest BCUT2D eigenvalue weighted by atomic mass is 10.1. The van der Waals surface area contributed by atoms with Crippen molar-refractivity contribution < 1.29 is 13.2 Å². The van der Waals surface area contributed by atoms with E-state index < -0.39 is 11.7 Å². The third-order valence-corrected chi connectivity index (χ3v) is 4.02. The minimum absolute atomic E-state index is 0.231. The number of aromatic nitrogens is 3. The molecule has 1 aromatic heterocycles. The van der Waals surface area contributed by atoms with Crippen molar-refractivity contribution in [3.05, 3.63) is 77.9 Å². The van der Waals surface area contributed by atoms with Crippen LogP contribution < -0.4 is 10.6 Å². The second-order valence-corrected chi connectivity index (χ2v) is 5.98. The van der Waals surface area contributed by atoms with Crippen molar-refractivity contribution in [3.63, 3.8) is 0 Å². The van der Waals surface area contributed by atoms with Crippen LogP contribution in [-0.2, 0) is 19.3 Å². The Morgan fingerprint density at radius 1 is 1.04 bits per heavy atom. The average molecular weight is 388 g/mol. The highest BCUT2D eigenvalue weighted by molar-refractivity contribution is 5.79. The van der Waals surface area contributed by atoms with E-state index in [1.807, 2.05) is 24.3 Å². The van der Waals surface area contributed by atoms with Gasteiger partial charge in [0.05, 0.1) is 11.3 Å². The van der Waals surface area contributed by atoms with Crippen molar-refractivity contribution in [1.29, 1.82) is 0 Å². The fourth-order valence-corrected chi connectivity index (χ4v) is 2.56. The molecule has 0 saturated heterocycles. The molecule has 0 saturated carbocycles. The van der Waals surface area contributed by atoms with Crippen LogP contribution >= 0.6 is 0 Å². The Kier molecular flexibility index (Phi) is 5.93. The molecule has 0 unspecified atom stereocenters. The number of guanidine groups is 1. The maximum Gasteiger partial charge on any atom is 0.416 e. The molecular weight excluding hydrogens is 369 g/mol. The highest BCUT2D eigenvalue weighted by atomic mass is 19.4. The molecular formula is C19H19F3N6. The molecule has 146 valence electrons. The maximum atomic E-state index is 12.8. The van der Waals surface area contributed by atoms with Crippen LogP contribution in [0.5, 0.6) is 0 Å². The Morgan fingerprint density at radius 2 is 1.75 bits per heavy atom. The molecule has 2 N–H and O–H groups in total. The minimum atomic E-state index is -4.35. The minimum Gasteiger partial charge on any atom is -0.352 e. The third kappa shape index (κ3) is 5.09. The van der Waals surface area contributed by atoms with E-state index in [4.69, 9.17) is 0 Å². The normalized spacial score (nSPS) is 12.1. The lowest BCUT2D eigenvalue weighted by Gasteiger charge is -2.13. The van der Waals surface area contributed by atoms with Crippen molar-refractivity contribution in [2.45, 2.75) is 19.3 Å². The van der Waals surface area contributed by atoms with Crippen LogP contribution in [0.1, 0.15) is 16.7 Å². The van der Waals surface area contributed by atoms with E-state index in [0.717, 1.165) is 23.4 Å². The lowest BCUT2D eigenvalue weighted by Crippen LogP contribution is -2.36. The van der Waals surface area contributed by atoms with Crippen LogP contribution in [0.2, 0.25) is 0 Å². The van der Waals surface area contributed by atoms with Gasteiger partial charge in [-0.05, 0) is 35.4 Å². The summed E-state index contributed by atoms with van der Waals surface area (Å²) in [4.78, 5) is 8.01. The molecule has 9 heteroatoms. The standard InChI is InChI=1S/C19H19F3N6/c1-23-18(26-11-15-3-2-4-16(9-15)19(20,21)22)25-10-14-5-7-17(8-6-14)28-13-24-12-27-28/h2-9,12-13H,10-11H2,1H3,(H2,23,25,26). The molecule has 0 amide bonds. The Bertz CT molecular complexity index is 918. The van der Waals surface area contributed by atoms with Gasteiger partial charge in [-0.2, -0.15) is 18.3 Å². The first-order valence-corrected chi connectivity index (χ1v) is 8.50. The van der Waals surface area contributed by atoms with Crippen molar-refractivity contribution in [2.75, 3.05) is 7.05 Å². The third-order valence-electron chi connectivity index (χ3n) is 4.02. The van der Waals surface area contributed by atoms with Crippen LogP contribution in [0, 0.1) is 0 Å². The van der Waals surface area contributed by atoms with E-state index in [1.165, 1.54) is 12.4 Å². The monoisotopic (exact) mass is 388 g/mol. The largest absolute Gasteiger partial charge is 0.416 e. The number of hydrogen-bond acceptors (Lipinski definition) is 3. The zero-order chi connectivity index (χ0) is 20.0. The quantitative estimate of drug-likeness (QED) is 0.521. The van der Waals surface area contributed by atoms with Crippen LogP contribution in [0.15, 0.2) is 66.2 Å². The number of aliphatic imine (C=N–C) groups is 1. The number of rotatable bonds is 5. The summed E-state index contributed by atoms with van der Waals surface area (Å²) in [5.74, 6) is 0.498.